The summed E-state index contributed by atoms with van der Waals surface area (Å²) < 4.78 is 78.8. The highest BCUT2D eigenvalue weighted by atomic mass is 32.2. The molecule has 0 saturated heterocycles. The van der Waals surface area contributed by atoms with Crippen LogP contribution in [0.2, 0.25) is 0 Å². The van der Waals surface area contributed by atoms with Crippen LogP contribution in [0.25, 0.3) is 0 Å². The van der Waals surface area contributed by atoms with Gasteiger partial charge in [0, 0.05) is 28.2 Å². The Morgan fingerprint density at radius 2 is 0.551 bits per heavy atom. The minimum Gasteiger partial charge on any atom is -0.508 e. The van der Waals surface area contributed by atoms with Gasteiger partial charge < -0.3 is 51.5 Å². The number of rotatable bonds is 19. The minimum absolute atomic E-state index is 0.0510. The molecule has 6 aromatic carbocycles. The second-order valence-corrected chi connectivity index (χ2v) is 17.7. The van der Waals surface area contributed by atoms with Crippen LogP contribution in [0.15, 0.2) is 160 Å². The number of aromatic nitrogens is 6. The molecule has 3 atom stereocenters. The third-order valence-corrected chi connectivity index (χ3v) is 11.9. The van der Waals surface area contributed by atoms with Crippen LogP contribution in [0, 0.1) is 0 Å². The molecule has 0 aliphatic carbocycles. The van der Waals surface area contributed by atoms with E-state index in [1.807, 2.05) is 0 Å². The Hall–Kier alpha value is -8.41. The number of hydrogen-bond donors (Lipinski definition) is 2. The van der Waals surface area contributed by atoms with Gasteiger partial charge >= 0.3 is 24.0 Å². The number of anilines is 2. The number of benzene rings is 6. The monoisotopic (exact) mass is 990 g/mol. The van der Waals surface area contributed by atoms with Crippen LogP contribution in [0.4, 0.5) is 11.9 Å². The molecule has 0 bridgehead atoms. The fourth-order valence-electron chi connectivity index (χ4n) is 5.49. The van der Waals surface area contributed by atoms with E-state index < -0.39 is 33.2 Å². The Kier molecular flexibility index (Phi) is 14.7. The van der Waals surface area contributed by atoms with Gasteiger partial charge in [-0.2, -0.15) is 19.9 Å². The van der Waals surface area contributed by atoms with Crippen molar-refractivity contribution in [2.24, 2.45) is 0 Å². The molecule has 20 nitrogen and oxygen atoms in total. The van der Waals surface area contributed by atoms with Gasteiger partial charge in [0.1, 0.15) is 51.7 Å². The van der Waals surface area contributed by atoms with Crippen LogP contribution in [0.5, 0.6) is 75.8 Å². The zero-order chi connectivity index (χ0) is 48.4. The molecule has 0 aliphatic heterocycles. The maximum absolute atomic E-state index is 13.2. The molecule has 2 aromatic heterocycles. The molecular weight excluding hydrogens is 953 g/mol. The van der Waals surface area contributed by atoms with Crippen molar-refractivity contribution in [2.45, 2.75) is 14.7 Å². The lowest BCUT2D eigenvalue weighted by atomic mass is 10.3. The van der Waals surface area contributed by atoms with Crippen molar-refractivity contribution in [1.82, 2.24) is 29.9 Å². The number of phenols is 2. The number of ether oxygens (including phenoxy) is 4. The van der Waals surface area contributed by atoms with Crippen molar-refractivity contribution in [3.63, 3.8) is 0 Å². The van der Waals surface area contributed by atoms with Gasteiger partial charge in [0.15, 0.2) is 0 Å². The normalized spacial score (nSPS) is 12.2. The molecule has 352 valence electrons. The summed E-state index contributed by atoms with van der Waals surface area (Å²) in [5.41, 5.74) is 0. The zero-order valence-electron chi connectivity index (χ0n) is 36.6. The molecule has 0 radical (unpaired) electrons. The Morgan fingerprint density at radius 1 is 0.333 bits per heavy atom. The maximum Gasteiger partial charge on any atom is 0.330 e. The van der Waals surface area contributed by atoms with E-state index in [9.17, 15) is 22.8 Å². The lowest BCUT2D eigenvalue weighted by molar-refractivity contribution is 0.396. The third-order valence-electron chi connectivity index (χ3n) is 8.86. The predicted molar refractivity (Wildman–Crippen MR) is 252 cm³/mol. The number of phenolic OH excluding ortho intramolecular Hbond substituents is 2. The molecule has 23 heteroatoms. The van der Waals surface area contributed by atoms with Crippen molar-refractivity contribution in [1.29, 1.82) is 0 Å². The first kappa shape index (κ1) is 47.1. The molecular formula is C46H38N8O12S3. The summed E-state index contributed by atoms with van der Waals surface area (Å²) in [6.45, 7) is 0. The Labute approximate surface area is 401 Å². The third kappa shape index (κ3) is 12.9. The number of hydrogen-bond acceptors (Lipinski definition) is 20. The van der Waals surface area contributed by atoms with Crippen LogP contribution in [0.1, 0.15) is 0 Å². The summed E-state index contributed by atoms with van der Waals surface area (Å²) in [6, 6.07) is 36.7. The highest BCUT2D eigenvalue weighted by Crippen LogP contribution is 2.30. The van der Waals surface area contributed by atoms with Gasteiger partial charge in [-0.1, -0.05) is 0 Å². The van der Waals surface area contributed by atoms with E-state index in [1.54, 1.807) is 135 Å². The molecule has 8 rings (SSSR count). The van der Waals surface area contributed by atoms with E-state index in [4.69, 9.17) is 31.5 Å². The van der Waals surface area contributed by atoms with Crippen molar-refractivity contribution in [3.8, 4) is 75.8 Å². The van der Waals surface area contributed by atoms with Gasteiger partial charge in [-0.05, 0) is 146 Å². The molecule has 69 heavy (non-hydrogen) atoms. The summed E-state index contributed by atoms with van der Waals surface area (Å²) in [7, 11) is 6.97. The predicted octanol–water partition coefficient (Wildman–Crippen LogP) is 8.07. The lowest BCUT2D eigenvalue weighted by Gasteiger charge is -2.13. The summed E-state index contributed by atoms with van der Waals surface area (Å²) in [6.07, 6.45) is 0. The van der Waals surface area contributed by atoms with Crippen molar-refractivity contribution < 1.29 is 54.3 Å². The number of aromatic hydroxyl groups is 2. The summed E-state index contributed by atoms with van der Waals surface area (Å²) in [5.74, 6) is 2.92. The molecule has 2 N–H and O–H groups in total. The molecule has 3 unspecified atom stereocenters. The molecule has 0 spiro atoms. The van der Waals surface area contributed by atoms with E-state index in [-0.39, 0.29) is 53.2 Å². The topological polar surface area (TPSA) is 240 Å². The SMILES string of the molecule is CN(C)c1nc(Oc2ccc(OS(=O)c3ccc(Oc4nc(Oc5ccc(OS(=O)c6ccc(O)cc6)cc5)nc(N(C)C)n4)cc3)cc2)nc(Oc2ccc(S(=O)Oc3ccc(O)cc3)cc2)n1. The van der Waals surface area contributed by atoms with E-state index >= 15 is 0 Å². The summed E-state index contributed by atoms with van der Waals surface area (Å²) in [4.78, 5) is 30.4. The smallest absolute Gasteiger partial charge is 0.330 e. The fourth-order valence-corrected chi connectivity index (χ4v) is 7.71. The van der Waals surface area contributed by atoms with Crippen LogP contribution < -0.4 is 41.3 Å². The van der Waals surface area contributed by atoms with Gasteiger partial charge in [0.2, 0.25) is 45.1 Å². The zero-order valence-corrected chi connectivity index (χ0v) is 39.1. The van der Waals surface area contributed by atoms with Gasteiger partial charge in [0.25, 0.3) is 0 Å². The second-order valence-electron chi connectivity index (χ2n) is 14.4. The van der Waals surface area contributed by atoms with E-state index in [2.05, 4.69) is 29.9 Å². The molecule has 0 fully saturated rings. The first-order valence-electron chi connectivity index (χ1n) is 20.2. The average Bonchev–Trinajstić information content (AvgIpc) is 3.34. The highest BCUT2D eigenvalue weighted by molar-refractivity contribution is 7.81. The molecule has 0 amide bonds. The Morgan fingerprint density at radius 3 is 0.826 bits per heavy atom. The van der Waals surface area contributed by atoms with Gasteiger partial charge in [-0.3, -0.25) is 0 Å². The number of nitrogens with zero attached hydrogens (tertiary/aromatic N) is 8. The molecule has 0 saturated carbocycles. The standard InChI is InChI=1S/C46H38N8O12S3/c1-53(2)41-47-43(60-31-11-15-36(16-12-31)65-67(57)38-23-7-30(56)8-24-38)51-46(50-41)63-34-21-27-40(28-22-34)69(59)66-37-17-13-32(14-18-37)61-44-48-42(54(3)4)49-45(52-44)62-33-19-25-39(26-20-33)68(58)64-35-9-5-29(55)6-10-35/h5-28,55-56H,1-4H3. The van der Waals surface area contributed by atoms with Crippen molar-refractivity contribution in [3.05, 3.63) is 146 Å². The first-order valence-corrected chi connectivity index (χ1v) is 23.4. The second kappa shape index (κ2) is 21.5. The van der Waals surface area contributed by atoms with Crippen LogP contribution in [0.3, 0.4) is 0 Å². The Bertz CT molecular complexity index is 3100. The molecule has 8 aromatic rings. The first-order chi connectivity index (χ1) is 33.3. The lowest BCUT2D eigenvalue weighted by Crippen LogP contribution is -2.14. The molecule has 2 heterocycles. The highest BCUT2D eigenvalue weighted by Gasteiger charge is 2.17. The quantitative estimate of drug-likeness (QED) is 0.0778. The Balaban J connectivity index is 0.854. The van der Waals surface area contributed by atoms with Crippen LogP contribution in [-0.2, 0) is 33.2 Å². The van der Waals surface area contributed by atoms with E-state index in [0.29, 0.717) is 49.2 Å². The maximum atomic E-state index is 13.2. The summed E-state index contributed by atoms with van der Waals surface area (Å²) in [5, 5.41) is 19.0. The summed E-state index contributed by atoms with van der Waals surface area (Å²) >= 11 is -5.54. The van der Waals surface area contributed by atoms with Crippen molar-refractivity contribution >= 4 is 45.1 Å². The van der Waals surface area contributed by atoms with Gasteiger partial charge in [0.05, 0.1) is 14.7 Å². The molecule has 0 aliphatic rings. The van der Waals surface area contributed by atoms with E-state index in [0.717, 1.165) is 0 Å². The van der Waals surface area contributed by atoms with Gasteiger partial charge in [-0.15, -0.1) is 9.97 Å². The van der Waals surface area contributed by atoms with E-state index in [1.165, 1.54) is 48.5 Å². The van der Waals surface area contributed by atoms with Crippen molar-refractivity contribution in [2.75, 3.05) is 38.0 Å². The van der Waals surface area contributed by atoms with Crippen LogP contribution >= 0.6 is 0 Å². The fraction of sp³-hybridized carbons (Fsp3) is 0.0870. The minimum atomic E-state index is -1.92. The average molecular weight is 991 g/mol. The van der Waals surface area contributed by atoms with Gasteiger partial charge in [-0.25, -0.2) is 12.6 Å². The largest absolute Gasteiger partial charge is 0.508 e. The van der Waals surface area contributed by atoms with Crippen LogP contribution in [-0.4, -0.2) is 80.9 Å².